The van der Waals surface area contributed by atoms with Gasteiger partial charge in [0.05, 0.1) is 12.9 Å². The number of furan rings is 1. The molecular formula is C28H28N2O3. The molecule has 0 spiro atoms. The molecule has 0 aliphatic heterocycles. The molecule has 1 N–H and O–H groups in total. The molecule has 5 heteroatoms. The molecule has 2 aromatic carbocycles. The highest BCUT2D eigenvalue weighted by Gasteiger charge is 2.19. The third kappa shape index (κ3) is 4.82. The van der Waals surface area contributed by atoms with Crippen LogP contribution in [0.15, 0.2) is 71.6 Å². The Kier molecular flexibility index (Phi) is 6.59. The van der Waals surface area contributed by atoms with Crippen LogP contribution in [0.2, 0.25) is 0 Å². The Hall–Kier alpha value is -3.86. The lowest BCUT2D eigenvalue weighted by Crippen LogP contribution is -2.20. The van der Waals surface area contributed by atoms with Crippen LogP contribution < -0.4 is 10.1 Å². The van der Waals surface area contributed by atoms with Crippen molar-refractivity contribution in [2.24, 2.45) is 0 Å². The molecule has 0 saturated carbocycles. The fraction of sp³-hybridized carbons (Fsp3) is 0.214. The molecule has 2 aromatic heterocycles. The summed E-state index contributed by atoms with van der Waals surface area (Å²) >= 11 is 0. The standard InChI is InChI=1S/C28H28N2O3/c1-5-32-27-20(4)28-24(25(17-33-28)22-8-6-18(2)7-9-22)15-23(27)19(3)14-26(31)30-16-21-10-12-29-13-11-21/h6-15,17H,5,16H2,1-4H3,(H,30,31)/b19-14+. The number of rotatable bonds is 7. The van der Waals surface area contributed by atoms with Gasteiger partial charge in [0.15, 0.2) is 0 Å². The zero-order valence-corrected chi connectivity index (χ0v) is 19.4. The molecule has 0 aliphatic carbocycles. The van der Waals surface area contributed by atoms with Crippen molar-refractivity contribution in [3.8, 4) is 16.9 Å². The van der Waals surface area contributed by atoms with Crippen LogP contribution in [0.25, 0.3) is 27.7 Å². The topological polar surface area (TPSA) is 64.4 Å². The van der Waals surface area contributed by atoms with E-state index in [9.17, 15) is 4.79 Å². The summed E-state index contributed by atoms with van der Waals surface area (Å²) < 4.78 is 12.0. The quantitative estimate of drug-likeness (QED) is 0.346. The van der Waals surface area contributed by atoms with Gasteiger partial charge in [-0.25, -0.2) is 0 Å². The zero-order valence-electron chi connectivity index (χ0n) is 19.4. The van der Waals surface area contributed by atoms with Crippen LogP contribution >= 0.6 is 0 Å². The smallest absolute Gasteiger partial charge is 0.244 e. The van der Waals surface area contributed by atoms with E-state index < -0.39 is 0 Å². The summed E-state index contributed by atoms with van der Waals surface area (Å²) in [4.78, 5) is 16.6. The van der Waals surface area contributed by atoms with Gasteiger partial charge in [0, 0.05) is 47.1 Å². The van der Waals surface area contributed by atoms with Gasteiger partial charge in [-0.2, -0.15) is 0 Å². The third-order valence-electron chi connectivity index (χ3n) is 5.68. The first-order chi connectivity index (χ1) is 16.0. The number of aryl methyl sites for hydroxylation is 2. The highest BCUT2D eigenvalue weighted by molar-refractivity contribution is 6.01. The van der Waals surface area contributed by atoms with E-state index >= 15 is 0 Å². The number of carbonyl (C=O) groups excluding carboxylic acids is 1. The van der Waals surface area contributed by atoms with Gasteiger partial charge < -0.3 is 14.5 Å². The van der Waals surface area contributed by atoms with E-state index in [1.54, 1.807) is 24.7 Å². The molecule has 0 radical (unpaired) electrons. The lowest BCUT2D eigenvalue weighted by Gasteiger charge is -2.15. The number of ether oxygens (including phenoxy) is 1. The number of aromatic nitrogens is 1. The minimum Gasteiger partial charge on any atom is -0.493 e. The number of nitrogens with one attached hydrogen (secondary N) is 1. The van der Waals surface area contributed by atoms with Crippen LogP contribution in [0.5, 0.6) is 5.75 Å². The van der Waals surface area contributed by atoms with Gasteiger partial charge in [-0.15, -0.1) is 0 Å². The first-order valence-electron chi connectivity index (χ1n) is 11.1. The minimum absolute atomic E-state index is 0.157. The fourth-order valence-corrected chi connectivity index (χ4v) is 3.91. The number of carbonyl (C=O) groups is 1. The highest BCUT2D eigenvalue weighted by Crippen LogP contribution is 2.40. The Balaban J connectivity index is 1.72. The fourth-order valence-electron chi connectivity index (χ4n) is 3.91. The lowest BCUT2D eigenvalue weighted by atomic mass is 9.96. The van der Waals surface area contributed by atoms with Gasteiger partial charge in [0.2, 0.25) is 5.91 Å². The maximum Gasteiger partial charge on any atom is 0.244 e. The Morgan fingerprint density at radius 2 is 1.85 bits per heavy atom. The lowest BCUT2D eigenvalue weighted by molar-refractivity contribution is -0.116. The summed E-state index contributed by atoms with van der Waals surface area (Å²) in [6, 6.07) is 14.2. The van der Waals surface area contributed by atoms with Gasteiger partial charge in [-0.05, 0) is 62.6 Å². The molecule has 1 amide bonds. The molecule has 4 rings (SSSR count). The summed E-state index contributed by atoms with van der Waals surface area (Å²) in [5.41, 5.74) is 7.75. The Morgan fingerprint density at radius 1 is 1.12 bits per heavy atom. The first-order valence-corrected chi connectivity index (χ1v) is 11.1. The summed E-state index contributed by atoms with van der Waals surface area (Å²) in [5, 5.41) is 3.94. The maximum absolute atomic E-state index is 12.6. The van der Waals surface area contributed by atoms with Crippen molar-refractivity contribution in [3.05, 3.63) is 89.5 Å². The largest absolute Gasteiger partial charge is 0.493 e. The second-order valence-electron chi connectivity index (χ2n) is 8.10. The summed E-state index contributed by atoms with van der Waals surface area (Å²) in [7, 11) is 0. The van der Waals surface area contributed by atoms with E-state index in [0.717, 1.165) is 50.1 Å². The monoisotopic (exact) mass is 440 g/mol. The average Bonchev–Trinajstić information content (AvgIpc) is 3.25. The molecule has 168 valence electrons. The van der Waals surface area contributed by atoms with Gasteiger partial charge in [0.25, 0.3) is 0 Å². The van der Waals surface area contributed by atoms with E-state index in [1.165, 1.54) is 5.56 Å². The summed E-state index contributed by atoms with van der Waals surface area (Å²) in [6.45, 7) is 8.92. The third-order valence-corrected chi connectivity index (χ3v) is 5.68. The Labute approximate surface area is 194 Å². The second-order valence-corrected chi connectivity index (χ2v) is 8.10. The van der Waals surface area contributed by atoms with Crippen molar-refractivity contribution in [2.45, 2.75) is 34.2 Å². The maximum atomic E-state index is 12.6. The van der Waals surface area contributed by atoms with Crippen LogP contribution in [0.4, 0.5) is 0 Å². The van der Waals surface area contributed by atoms with Crippen LogP contribution in [-0.4, -0.2) is 17.5 Å². The number of pyridine rings is 1. The molecule has 33 heavy (non-hydrogen) atoms. The Bertz CT molecular complexity index is 1300. The predicted octanol–water partition coefficient (Wildman–Crippen LogP) is 6.23. The molecule has 2 heterocycles. The number of nitrogens with zero attached hydrogens (tertiary/aromatic N) is 1. The van der Waals surface area contributed by atoms with Crippen LogP contribution in [-0.2, 0) is 11.3 Å². The first kappa shape index (κ1) is 22.3. The van der Waals surface area contributed by atoms with Gasteiger partial charge >= 0.3 is 0 Å². The molecule has 0 aliphatic rings. The summed E-state index contributed by atoms with van der Waals surface area (Å²) in [6.07, 6.45) is 6.84. The van der Waals surface area contributed by atoms with Gasteiger partial charge in [-0.1, -0.05) is 29.8 Å². The van der Waals surface area contributed by atoms with Gasteiger partial charge in [0.1, 0.15) is 11.3 Å². The van der Waals surface area contributed by atoms with E-state index in [-0.39, 0.29) is 5.91 Å². The number of hydrogen-bond acceptors (Lipinski definition) is 4. The van der Waals surface area contributed by atoms with Gasteiger partial charge in [-0.3, -0.25) is 9.78 Å². The second kappa shape index (κ2) is 9.74. The molecule has 0 atom stereocenters. The van der Waals surface area contributed by atoms with Crippen molar-refractivity contribution < 1.29 is 13.9 Å². The van der Waals surface area contributed by atoms with Crippen molar-refractivity contribution in [2.75, 3.05) is 6.61 Å². The van der Waals surface area contributed by atoms with E-state index in [1.807, 2.05) is 32.9 Å². The minimum atomic E-state index is -0.157. The van der Waals surface area contributed by atoms with E-state index in [2.05, 4.69) is 47.6 Å². The number of benzene rings is 2. The number of hydrogen-bond donors (Lipinski definition) is 1. The highest BCUT2D eigenvalue weighted by atomic mass is 16.5. The average molecular weight is 441 g/mol. The molecule has 4 aromatic rings. The molecule has 0 unspecified atom stereocenters. The zero-order chi connectivity index (χ0) is 23.4. The van der Waals surface area contributed by atoms with Crippen molar-refractivity contribution >= 4 is 22.4 Å². The van der Waals surface area contributed by atoms with Crippen molar-refractivity contribution in [3.63, 3.8) is 0 Å². The number of fused-ring (bicyclic) bond motifs is 1. The molecule has 0 saturated heterocycles. The van der Waals surface area contributed by atoms with E-state index in [0.29, 0.717) is 13.2 Å². The molecular weight excluding hydrogens is 412 g/mol. The van der Waals surface area contributed by atoms with Crippen LogP contribution in [0.3, 0.4) is 0 Å². The van der Waals surface area contributed by atoms with E-state index in [4.69, 9.17) is 9.15 Å². The molecule has 0 fully saturated rings. The van der Waals surface area contributed by atoms with Crippen molar-refractivity contribution in [1.82, 2.24) is 10.3 Å². The van der Waals surface area contributed by atoms with Crippen molar-refractivity contribution in [1.29, 1.82) is 0 Å². The number of amides is 1. The number of allylic oxidation sites excluding steroid dienone is 1. The predicted molar refractivity (Wildman–Crippen MR) is 132 cm³/mol. The van der Waals surface area contributed by atoms with Crippen LogP contribution in [0, 0.1) is 13.8 Å². The SMILES string of the molecule is CCOc1c(/C(C)=C/C(=O)NCc2ccncc2)cc2c(-c3ccc(C)cc3)coc2c1C. The molecule has 5 nitrogen and oxygen atoms in total. The van der Waals surface area contributed by atoms with Crippen LogP contribution in [0.1, 0.15) is 36.1 Å². The Morgan fingerprint density at radius 3 is 2.55 bits per heavy atom. The normalized spacial score (nSPS) is 11.6. The molecule has 0 bridgehead atoms. The summed E-state index contributed by atoms with van der Waals surface area (Å²) in [5.74, 6) is 0.584.